The van der Waals surface area contributed by atoms with E-state index >= 15 is 0 Å². The predicted octanol–water partition coefficient (Wildman–Crippen LogP) is 2.47. The first-order chi connectivity index (χ1) is 6.61. The van der Waals surface area contributed by atoms with Crippen molar-refractivity contribution in [3.63, 3.8) is 0 Å². The first kappa shape index (κ1) is 10.7. The number of aromatic nitrogens is 1. The molecule has 0 amide bonds. The Morgan fingerprint density at radius 3 is 2.71 bits per heavy atom. The second kappa shape index (κ2) is 4.24. The maximum Gasteiger partial charge on any atom is 0.267 e. The Balaban J connectivity index is 3.52. The monoisotopic (exact) mass is 260 g/mol. The lowest BCUT2D eigenvalue weighted by Gasteiger charge is -2.05. The average molecular weight is 261 g/mol. The van der Waals surface area contributed by atoms with Crippen molar-refractivity contribution < 1.29 is 13.6 Å². The third-order valence-corrected chi connectivity index (χ3v) is 2.19. The van der Waals surface area contributed by atoms with Crippen molar-refractivity contribution in [1.29, 1.82) is 5.26 Å². The maximum absolute atomic E-state index is 12.5. The van der Waals surface area contributed by atoms with Gasteiger partial charge in [-0.1, -0.05) is 0 Å². The van der Waals surface area contributed by atoms with E-state index in [4.69, 9.17) is 5.26 Å². The number of halogens is 3. The maximum atomic E-state index is 12.5. The van der Waals surface area contributed by atoms with Crippen LogP contribution in [-0.4, -0.2) is 11.3 Å². The highest BCUT2D eigenvalue weighted by molar-refractivity contribution is 9.10. The molecule has 14 heavy (non-hydrogen) atoms. The van der Waals surface area contributed by atoms with Gasteiger partial charge in [-0.15, -0.1) is 0 Å². The lowest BCUT2D eigenvalue weighted by molar-refractivity contribution is 0.112. The Morgan fingerprint density at radius 2 is 2.29 bits per heavy atom. The Hall–Kier alpha value is -1.35. The molecule has 1 aromatic rings. The molecular formula is C8H3BrF2N2O. The summed E-state index contributed by atoms with van der Waals surface area (Å²) >= 11 is 2.79. The summed E-state index contributed by atoms with van der Waals surface area (Å²) in [5.41, 5.74) is -1.01. The van der Waals surface area contributed by atoms with Crippen molar-refractivity contribution in [3.05, 3.63) is 27.5 Å². The van der Waals surface area contributed by atoms with Crippen LogP contribution in [0.5, 0.6) is 0 Å². The highest BCUT2D eigenvalue weighted by Gasteiger charge is 2.20. The van der Waals surface area contributed by atoms with Gasteiger partial charge in [-0.25, -0.2) is 13.8 Å². The highest BCUT2D eigenvalue weighted by atomic mass is 79.9. The van der Waals surface area contributed by atoms with Crippen LogP contribution in [0.3, 0.4) is 0 Å². The molecule has 1 heterocycles. The molecule has 3 nitrogen and oxygen atoms in total. The number of carbonyl (C=O) groups is 1. The van der Waals surface area contributed by atoms with Gasteiger partial charge in [0.1, 0.15) is 10.7 Å². The van der Waals surface area contributed by atoms with Crippen molar-refractivity contribution >= 4 is 22.2 Å². The van der Waals surface area contributed by atoms with Gasteiger partial charge in [0, 0.05) is 6.20 Å². The molecule has 6 heteroatoms. The number of hydrogen-bond donors (Lipinski definition) is 0. The van der Waals surface area contributed by atoms with Crippen LogP contribution in [-0.2, 0) is 0 Å². The van der Waals surface area contributed by atoms with Crippen molar-refractivity contribution in [2.45, 2.75) is 6.43 Å². The van der Waals surface area contributed by atoms with E-state index in [-0.39, 0.29) is 15.7 Å². The topological polar surface area (TPSA) is 53.8 Å². The number of carbonyl (C=O) groups excluding carboxylic acids is 1. The van der Waals surface area contributed by atoms with E-state index < -0.39 is 12.0 Å². The number of alkyl halides is 2. The average Bonchev–Trinajstić information content (AvgIpc) is 2.16. The molecule has 0 aromatic carbocycles. The molecular weight excluding hydrogens is 258 g/mol. The molecule has 72 valence electrons. The summed E-state index contributed by atoms with van der Waals surface area (Å²) in [4.78, 5) is 14.0. The Bertz CT molecular complexity index is 415. The molecule has 0 radical (unpaired) electrons. The number of nitrogens with zero attached hydrogens (tertiary/aromatic N) is 2. The lowest BCUT2D eigenvalue weighted by atomic mass is 10.1. The Morgan fingerprint density at radius 1 is 1.64 bits per heavy atom. The molecule has 0 unspecified atom stereocenters. The van der Waals surface area contributed by atoms with Gasteiger partial charge in [-0.05, 0) is 15.9 Å². The standard InChI is InChI=1S/C8H3BrF2N2O/c9-7-6(8(10)11)5(1-12)4(3-14)2-13-7/h2-3,8H. The molecule has 0 bridgehead atoms. The molecule has 0 aliphatic rings. The molecule has 0 saturated carbocycles. The van der Waals surface area contributed by atoms with Crippen LogP contribution in [0.25, 0.3) is 0 Å². The minimum atomic E-state index is -2.84. The van der Waals surface area contributed by atoms with Gasteiger partial charge in [-0.2, -0.15) is 5.26 Å². The van der Waals surface area contributed by atoms with E-state index in [2.05, 4.69) is 20.9 Å². The Labute approximate surface area is 86.5 Å². The summed E-state index contributed by atoms with van der Waals surface area (Å²) in [5.74, 6) is 0. The first-order valence-electron chi connectivity index (χ1n) is 3.43. The van der Waals surface area contributed by atoms with Crippen LogP contribution in [0.15, 0.2) is 10.8 Å². The van der Waals surface area contributed by atoms with E-state index in [0.29, 0.717) is 6.29 Å². The number of pyridine rings is 1. The van der Waals surface area contributed by atoms with E-state index in [1.54, 1.807) is 6.07 Å². The number of nitriles is 1. The van der Waals surface area contributed by atoms with E-state index in [9.17, 15) is 13.6 Å². The summed E-state index contributed by atoms with van der Waals surface area (Å²) in [6.07, 6.45) is -1.45. The van der Waals surface area contributed by atoms with Crippen LogP contribution < -0.4 is 0 Å². The molecule has 0 fully saturated rings. The summed E-state index contributed by atoms with van der Waals surface area (Å²) in [5, 5.41) is 8.61. The number of aldehydes is 1. The van der Waals surface area contributed by atoms with Gasteiger partial charge in [0.15, 0.2) is 6.29 Å². The first-order valence-corrected chi connectivity index (χ1v) is 4.23. The van der Waals surface area contributed by atoms with Gasteiger partial charge < -0.3 is 0 Å². The van der Waals surface area contributed by atoms with E-state index in [1.165, 1.54) is 0 Å². The minimum absolute atomic E-state index is 0.116. The van der Waals surface area contributed by atoms with Crippen molar-refractivity contribution in [2.75, 3.05) is 0 Å². The third-order valence-electron chi connectivity index (χ3n) is 1.55. The molecule has 0 N–H and O–H groups in total. The van der Waals surface area contributed by atoms with E-state index in [0.717, 1.165) is 6.20 Å². The van der Waals surface area contributed by atoms with Crippen LogP contribution >= 0.6 is 15.9 Å². The molecule has 0 spiro atoms. The van der Waals surface area contributed by atoms with Gasteiger partial charge in [0.05, 0.1) is 16.7 Å². The van der Waals surface area contributed by atoms with E-state index in [1.807, 2.05) is 0 Å². The molecule has 0 saturated heterocycles. The van der Waals surface area contributed by atoms with Crippen molar-refractivity contribution in [3.8, 4) is 6.07 Å². The third kappa shape index (κ3) is 1.77. The number of rotatable bonds is 2. The lowest BCUT2D eigenvalue weighted by Crippen LogP contribution is -2.00. The van der Waals surface area contributed by atoms with Crippen LogP contribution in [0.4, 0.5) is 8.78 Å². The van der Waals surface area contributed by atoms with Gasteiger partial charge in [0.25, 0.3) is 6.43 Å². The zero-order chi connectivity index (χ0) is 10.7. The van der Waals surface area contributed by atoms with Crippen LogP contribution in [0, 0.1) is 11.3 Å². The zero-order valence-electron chi connectivity index (χ0n) is 6.67. The Kier molecular flexibility index (Phi) is 3.25. The summed E-state index contributed by atoms with van der Waals surface area (Å²) in [7, 11) is 0. The summed E-state index contributed by atoms with van der Waals surface area (Å²) < 4.78 is 24.8. The molecule has 0 aliphatic heterocycles. The fourth-order valence-electron chi connectivity index (χ4n) is 0.932. The molecule has 1 rings (SSSR count). The van der Waals surface area contributed by atoms with Crippen LogP contribution in [0.2, 0.25) is 0 Å². The summed E-state index contributed by atoms with van der Waals surface area (Å²) in [6, 6.07) is 1.56. The van der Waals surface area contributed by atoms with Crippen molar-refractivity contribution in [1.82, 2.24) is 4.98 Å². The molecule has 0 atom stereocenters. The SMILES string of the molecule is N#Cc1c(C=O)cnc(Br)c1C(F)F. The van der Waals surface area contributed by atoms with Gasteiger partial charge >= 0.3 is 0 Å². The highest BCUT2D eigenvalue weighted by Crippen LogP contribution is 2.29. The quantitative estimate of drug-likeness (QED) is 0.607. The fourth-order valence-corrected chi connectivity index (χ4v) is 1.41. The fraction of sp³-hybridized carbons (Fsp3) is 0.125. The zero-order valence-corrected chi connectivity index (χ0v) is 8.25. The van der Waals surface area contributed by atoms with Crippen LogP contribution in [0.1, 0.15) is 27.9 Å². The normalized spacial score (nSPS) is 9.93. The second-order valence-electron chi connectivity index (χ2n) is 2.32. The van der Waals surface area contributed by atoms with Gasteiger partial charge in [0.2, 0.25) is 0 Å². The van der Waals surface area contributed by atoms with Crippen molar-refractivity contribution in [2.24, 2.45) is 0 Å². The molecule has 1 aromatic heterocycles. The molecule has 0 aliphatic carbocycles. The minimum Gasteiger partial charge on any atom is -0.298 e. The second-order valence-corrected chi connectivity index (χ2v) is 3.07. The smallest absolute Gasteiger partial charge is 0.267 e. The number of hydrogen-bond acceptors (Lipinski definition) is 3. The predicted molar refractivity (Wildman–Crippen MR) is 47.0 cm³/mol. The van der Waals surface area contributed by atoms with Gasteiger partial charge in [-0.3, -0.25) is 4.79 Å². The summed E-state index contributed by atoms with van der Waals surface area (Å²) in [6.45, 7) is 0. The largest absolute Gasteiger partial charge is 0.298 e.